The normalized spacial score (nSPS) is 29.0. The molecule has 3 nitrogen and oxygen atoms in total. The van der Waals surface area contributed by atoms with Crippen molar-refractivity contribution in [3.63, 3.8) is 0 Å². The highest BCUT2D eigenvalue weighted by Crippen LogP contribution is 2.43. The number of hydrogen-bond donors (Lipinski definition) is 1. The molecule has 0 spiro atoms. The van der Waals surface area contributed by atoms with Crippen molar-refractivity contribution in [1.29, 1.82) is 0 Å². The highest BCUT2D eigenvalue weighted by Gasteiger charge is 2.43. The molecule has 1 aromatic rings. The van der Waals surface area contributed by atoms with E-state index in [1.165, 1.54) is 25.9 Å². The van der Waals surface area contributed by atoms with Crippen molar-refractivity contribution in [2.24, 2.45) is 11.7 Å². The van der Waals surface area contributed by atoms with Crippen LogP contribution in [-0.2, 0) is 0 Å². The van der Waals surface area contributed by atoms with Gasteiger partial charge in [0.15, 0.2) is 0 Å². The van der Waals surface area contributed by atoms with Crippen LogP contribution in [0.3, 0.4) is 0 Å². The predicted molar refractivity (Wildman–Crippen MR) is 82.3 cm³/mol. The Balaban J connectivity index is 1.89. The first-order chi connectivity index (χ1) is 9.47. The van der Waals surface area contributed by atoms with Crippen LogP contribution in [0, 0.1) is 5.92 Å². The summed E-state index contributed by atoms with van der Waals surface area (Å²) < 4.78 is 6.20. The number of ether oxygens (including phenoxy) is 1. The summed E-state index contributed by atoms with van der Waals surface area (Å²) in [5, 5.41) is 0.724. The van der Waals surface area contributed by atoms with Crippen molar-refractivity contribution in [2.75, 3.05) is 19.6 Å². The first-order valence-electron chi connectivity index (χ1n) is 7.44. The lowest BCUT2D eigenvalue weighted by molar-refractivity contribution is -0.00355. The Bertz CT molecular complexity index is 497. The zero-order valence-corrected chi connectivity index (χ0v) is 13.0. The number of hydrogen-bond acceptors (Lipinski definition) is 3. The monoisotopic (exact) mass is 294 g/mol. The summed E-state index contributed by atoms with van der Waals surface area (Å²) >= 11 is 6.11. The molecule has 0 amide bonds. The Kier molecular flexibility index (Phi) is 3.69. The molecule has 110 valence electrons. The van der Waals surface area contributed by atoms with Crippen molar-refractivity contribution in [2.45, 2.75) is 38.3 Å². The molecule has 2 N–H and O–H groups in total. The molecule has 1 aromatic carbocycles. The molecule has 2 aliphatic heterocycles. The standard InChI is InChI=1S/C16H23ClN2O/c1-16(2)13(10-19-7-3-4-8-19)15(18)12-9-11(17)5-6-14(12)20-16/h5-6,9,13,15H,3-4,7-8,10,18H2,1-2H3. The molecule has 2 atom stereocenters. The van der Waals surface area contributed by atoms with Crippen LogP contribution in [0.5, 0.6) is 5.75 Å². The maximum Gasteiger partial charge on any atom is 0.125 e. The lowest BCUT2D eigenvalue weighted by Gasteiger charge is -2.45. The minimum atomic E-state index is -0.247. The summed E-state index contributed by atoms with van der Waals surface area (Å²) in [6.45, 7) is 7.65. The number of nitrogens with zero attached hydrogens (tertiary/aromatic N) is 1. The highest BCUT2D eigenvalue weighted by atomic mass is 35.5. The Hall–Kier alpha value is -0.770. The summed E-state index contributed by atoms with van der Waals surface area (Å²) in [5.41, 5.74) is 7.34. The molecule has 0 aromatic heterocycles. The third-order valence-corrected chi connectivity index (χ3v) is 4.92. The first-order valence-corrected chi connectivity index (χ1v) is 7.81. The fraction of sp³-hybridized carbons (Fsp3) is 0.625. The molecule has 0 aliphatic carbocycles. The van der Waals surface area contributed by atoms with Gasteiger partial charge in [-0.2, -0.15) is 0 Å². The summed E-state index contributed by atoms with van der Waals surface area (Å²) in [7, 11) is 0. The number of halogens is 1. The number of nitrogens with two attached hydrogens (primary N) is 1. The van der Waals surface area contributed by atoms with Crippen LogP contribution < -0.4 is 10.5 Å². The minimum Gasteiger partial charge on any atom is -0.487 e. The van der Waals surface area contributed by atoms with Crippen LogP contribution in [0.2, 0.25) is 5.02 Å². The zero-order chi connectivity index (χ0) is 14.3. The number of benzene rings is 1. The van der Waals surface area contributed by atoms with Crippen LogP contribution in [0.25, 0.3) is 0 Å². The quantitative estimate of drug-likeness (QED) is 0.910. The third kappa shape index (κ3) is 2.54. The van der Waals surface area contributed by atoms with Gasteiger partial charge in [0, 0.05) is 29.1 Å². The molecule has 0 radical (unpaired) electrons. The molecule has 3 rings (SSSR count). The second-order valence-corrected chi connectivity index (χ2v) is 6.96. The van der Waals surface area contributed by atoms with Gasteiger partial charge in [-0.25, -0.2) is 0 Å². The van der Waals surface area contributed by atoms with E-state index in [1.807, 2.05) is 18.2 Å². The van der Waals surface area contributed by atoms with E-state index in [9.17, 15) is 0 Å². The third-order valence-electron chi connectivity index (χ3n) is 4.68. The van der Waals surface area contributed by atoms with Gasteiger partial charge in [0.2, 0.25) is 0 Å². The minimum absolute atomic E-state index is 0.0203. The average Bonchev–Trinajstić information content (AvgIpc) is 2.88. The van der Waals surface area contributed by atoms with Crippen LogP contribution in [0.15, 0.2) is 18.2 Å². The highest BCUT2D eigenvalue weighted by molar-refractivity contribution is 6.30. The number of fused-ring (bicyclic) bond motifs is 1. The van der Waals surface area contributed by atoms with Crippen LogP contribution >= 0.6 is 11.6 Å². The largest absolute Gasteiger partial charge is 0.487 e. The van der Waals surface area contributed by atoms with Crippen molar-refractivity contribution in [1.82, 2.24) is 4.90 Å². The SMILES string of the molecule is CC1(C)Oc2ccc(Cl)cc2C(N)C1CN1CCCC1. The molecule has 4 heteroatoms. The van der Waals surface area contributed by atoms with Crippen LogP contribution in [-0.4, -0.2) is 30.1 Å². The molecule has 0 saturated carbocycles. The maximum atomic E-state index is 6.55. The van der Waals surface area contributed by atoms with Gasteiger partial charge in [-0.15, -0.1) is 0 Å². The molecular formula is C16H23ClN2O. The van der Waals surface area contributed by atoms with Gasteiger partial charge in [-0.1, -0.05) is 11.6 Å². The second-order valence-electron chi connectivity index (χ2n) is 6.53. The van der Waals surface area contributed by atoms with E-state index in [1.54, 1.807) is 0 Å². The van der Waals surface area contributed by atoms with Crippen molar-refractivity contribution in [3.05, 3.63) is 28.8 Å². The Morgan fingerprint density at radius 1 is 1.35 bits per heavy atom. The van der Waals surface area contributed by atoms with Gasteiger partial charge < -0.3 is 15.4 Å². The van der Waals surface area contributed by atoms with E-state index in [0.29, 0.717) is 0 Å². The maximum absolute atomic E-state index is 6.55. The topological polar surface area (TPSA) is 38.5 Å². The lowest BCUT2D eigenvalue weighted by atomic mass is 9.78. The van der Waals surface area contributed by atoms with Crippen molar-refractivity contribution >= 4 is 11.6 Å². The molecule has 20 heavy (non-hydrogen) atoms. The van der Waals surface area contributed by atoms with E-state index >= 15 is 0 Å². The van der Waals surface area contributed by atoms with Gasteiger partial charge in [0.1, 0.15) is 11.4 Å². The van der Waals surface area contributed by atoms with E-state index in [-0.39, 0.29) is 17.6 Å². The Morgan fingerprint density at radius 3 is 2.75 bits per heavy atom. The van der Waals surface area contributed by atoms with Crippen LogP contribution in [0.4, 0.5) is 0 Å². The Labute approximate surface area is 126 Å². The summed E-state index contributed by atoms with van der Waals surface area (Å²) in [4.78, 5) is 2.51. The molecular weight excluding hydrogens is 272 g/mol. The van der Waals surface area contributed by atoms with Crippen molar-refractivity contribution in [3.8, 4) is 5.75 Å². The summed E-state index contributed by atoms with van der Waals surface area (Å²) in [6, 6.07) is 5.73. The molecule has 1 saturated heterocycles. The smallest absolute Gasteiger partial charge is 0.125 e. The van der Waals surface area contributed by atoms with Gasteiger partial charge in [0.25, 0.3) is 0 Å². The fourth-order valence-corrected chi connectivity index (χ4v) is 3.64. The van der Waals surface area contributed by atoms with E-state index in [2.05, 4.69) is 18.7 Å². The average molecular weight is 295 g/mol. The van der Waals surface area contributed by atoms with Crippen LogP contribution in [0.1, 0.15) is 38.3 Å². The molecule has 2 aliphatic rings. The Morgan fingerprint density at radius 2 is 2.05 bits per heavy atom. The van der Waals surface area contributed by atoms with E-state index in [4.69, 9.17) is 22.1 Å². The van der Waals surface area contributed by atoms with Gasteiger partial charge >= 0.3 is 0 Å². The van der Waals surface area contributed by atoms with E-state index in [0.717, 1.165) is 22.9 Å². The fourth-order valence-electron chi connectivity index (χ4n) is 3.46. The number of likely N-dealkylation sites (tertiary alicyclic amines) is 1. The second kappa shape index (κ2) is 5.21. The molecule has 2 unspecified atom stereocenters. The first kappa shape index (κ1) is 14.2. The van der Waals surface area contributed by atoms with E-state index < -0.39 is 0 Å². The summed E-state index contributed by atoms with van der Waals surface area (Å²) in [6.07, 6.45) is 2.59. The van der Waals surface area contributed by atoms with Gasteiger partial charge in [-0.05, 0) is 58.0 Å². The molecule has 1 fully saturated rings. The van der Waals surface area contributed by atoms with Crippen molar-refractivity contribution < 1.29 is 4.74 Å². The summed E-state index contributed by atoms with van der Waals surface area (Å²) in [5.74, 6) is 1.16. The molecule has 2 heterocycles. The predicted octanol–water partition coefficient (Wildman–Crippen LogP) is 3.22. The van der Waals surface area contributed by atoms with Gasteiger partial charge in [0.05, 0.1) is 0 Å². The zero-order valence-electron chi connectivity index (χ0n) is 12.2. The van der Waals surface area contributed by atoms with Gasteiger partial charge in [-0.3, -0.25) is 0 Å². The lowest BCUT2D eigenvalue weighted by Crippen LogP contribution is -2.51. The number of rotatable bonds is 2. The molecule has 0 bridgehead atoms.